The number of amides is 1. The van der Waals surface area contributed by atoms with Crippen molar-refractivity contribution in [1.82, 2.24) is 9.97 Å². The normalized spacial score (nSPS) is 17.0. The van der Waals surface area contributed by atoms with Gasteiger partial charge in [0.25, 0.3) is 0 Å². The topological polar surface area (TPSA) is 46.1 Å². The van der Waals surface area contributed by atoms with Crippen LogP contribution in [0.3, 0.4) is 0 Å². The Morgan fingerprint density at radius 3 is 2.92 bits per heavy atom. The summed E-state index contributed by atoms with van der Waals surface area (Å²) in [6, 6.07) is 0. The van der Waals surface area contributed by atoms with E-state index in [9.17, 15) is 4.79 Å². The van der Waals surface area contributed by atoms with Crippen molar-refractivity contribution < 1.29 is 4.79 Å². The van der Waals surface area contributed by atoms with Gasteiger partial charge in [-0.15, -0.1) is 0 Å². The Hall–Kier alpha value is -1.45. The van der Waals surface area contributed by atoms with E-state index in [1.165, 1.54) is 0 Å². The molecule has 0 unspecified atom stereocenters. The summed E-state index contributed by atoms with van der Waals surface area (Å²) in [4.78, 5) is 20.7. The van der Waals surface area contributed by atoms with E-state index in [1.54, 1.807) is 23.5 Å². The molecule has 1 aliphatic rings. The molecule has 0 atom stereocenters. The van der Waals surface area contributed by atoms with Crippen LogP contribution in [-0.4, -0.2) is 15.9 Å². The Labute approximate surface area is 70.2 Å². The Morgan fingerprint density at radius 2 is 2.33 bits per heavy atom. The van der Waals surface area contributed by atoms with Gasteiger partial charge in [-0.05, 0) is 6.42 Å². The molecule has 61 valence electrons. The van der Waals surface area contributed by atoms with Crippen LogP contribution in [0.2, 0.25) is 0 Å². The van der Waals surface area contributed by atoms with Crippen molar-refractivity contribution in [3.8, 4) is 0 Å². The quantitative estimate of drug-likeness (QED) is 0.612. The molecule has 4 nitrogen and oxygen atoms in total. The Bertz CT molecular complexity index is 286. The lowest BCUT2D eigenvalue weighted by Gasteiger charge is -2.11. The van der Waals surface area contributed by atoms with Gasteiger partial charge in [-0.2, -0.15) is 0 Å². The van der Waals surface area contributed by atoms with Crippen LogP contribution in [0.4, 0.5) is 5.82 Å². The second-order valence-corrected chi connectivity index (χ2v) is 2.55. The minimum atomic E-state index is 0.0931. The third kappa shape index (κ3) is 1.15. The van der Waals surface area contributed by atoms with Gasteiger partial charge in [0, 0.05) is 18.8 Å². The lowest BCUT2D eigenvalue weighted by Crippen LogP contribution is -2.21. The highest BCUT2D eigenvalue weighted by Gasteiger charge is 2.22. The lowest BCUT2D eigenvalue weighted by molar-refractivity contribution is -0.116. The van der Waals surface area contributed by atoms with Gasteiger partial charge in [-0.3, -0.25) is 14.7 Å². The zero-order valence-electron chi connectivity index (χ0n) is 6.47. The van der Waals surface area contributed by atoms with Crippen molar-refractivity contribution in [2.45, 2.75) is 12.8 Å². The molecule has 1 aliphatic heterocycles. The van der Waals surface area contributed by atoms with E-state index in [0.29, 0.717) is 12.2 Å². The molecule has 0 spiro atoms. The van der Waals surface area contributed by atoms with Crippen LogP contribution in [0.15, 0.2) is 18.6 Å². The van der Waals surface area contributed by atoms with E-state index < -0.39 is 0 Å². The zero-order valence-corrected chi connectivity index (χ0v) is 6.47. The summed E-state index contributed by atoms with van der Waals surface area (Å²) < 4.78 is 0. The molecule has 2 rings (SSSR count). The fourth-order valence-electron chi connectivity index (χ4n) is 1.18. The van der Waals surface area contributed by atoms with Gasteiger partial charge in [0.1, 0.15) is 0 Å². The molecule has 1 fully saturated rings. The lowest BCUT2D eigenvalue weighted by atomic mass is 10.4. The Balaban J connectivity index is 2.25. The molecule has 1 radical (unpaired) electrons. The first-order valence-electron chi connectivity index (χ1n) is 3.79. The van der Waals surface area contributed by atoms with Gasteiger partial charge >= 0.3 is 0 Å². The van der Waals surface area contributed by atoms with E-state index >= 15 is 0 Å². The summed E-state index contributed by atoms with van der Waals surface area (Å²) in [6.07, 6.45) is 6.13. The van der Waals surface area contributed by atoms with Gasteiger partial charge in [0.05, 0.1) is 12.7 Å². The maximum absolute atomic E-state index is 11.2. The van der Waals surface area contributed by atoms with E-state index in [1.807, 2.05) is 6.54 Å². The van der Waals surface area contributed by atoms with Crippen molar-refractivity contribution in [3.63, 3.8) is 0 Å². The summed E-state index contributed by atoms with van der Waals surface area (Å²) in [7, 11) is 0. The first-order valence-corrected chi connectivity index (χ1v) is 3.79. The van der Waals surface area contributed by atoms with Crippen molar-refractivity contribution in [3.05, 3.63) is 25.1 Å². The van der Waals surface area contributed by atoms with Crippen LogP contribution in [0.5, 0.6) is 0 Å². The second-order valence-electron chi connectivity index (χ2n) is 2.55. The SMILES string of the molecule is O=C1CC[CH]N1c1cnccn1. The highest BCUT2D eigenvalue weighted by atomic mass is 16.2. The van der Waals surface area contributed by atoms with Crippen LogP contribution in [0.25, 0.3) is 0 Å². The van der Waals surface area contributed by atoms with Crippen molar-refractivity contribution in [2.75, 3.05) is 4.90 Å². The standard InChI is InChI=1S/C8H8N3O/c12-8-2-1-5-11(8)7-6-9-3-4-10-7/h3-6H,1-2H2. The number of hydrogen-bond donors (Lipinski definition) is 0. The minimum absolute atomic E-state index is 0.0931. The van der Waals surface area contributed by atoms with Crippen molar-refractivity contribution in [2.24, 2.45) is 0 Å². The highest BCUT2D eigenvalue weighted by molar-refractivity contribution is 5.95. The number of nitrogens with zero attached hydrogens (tertiary/aromatic N) is 3. The maximum atomic E-state index is 11.2. The summed E-state index contributed by atoms with van der Waals surface area (Å²) >= 11 is 0. The van der Waals surface area contributed by atoms with E-state index in [0.717, 1.165) is 6.42 Å². The maximum Gasteiger partial charge on any atom is 0.228 e. The summed E-state index contributed by atoms with van der Waals surface area (Å²) in [5, 5.41) is 0. The monoisotopic (exact) mass is 162 g/mol. The number of carbonyl (C=O) groups is 1. The third-order valence-electron chi connectivity index (χ3n) is 1.73. The van der Waals surface area contributed by atoms with Crippen molar-refractivity contribution >= 4 is 11.7 Å². The fourth-order valence-corrected chi connectivity index (χ4v) is 1.18. The highest BCUT2D eigenvalue weighted by Crippen LogP contribution is 2.20. The molecule has 1 saturated heterocycles. The minimum Gasteiger partial charge on any atom is -0.290 e. The van der Waals surface area contributed by atoms with Crippen LogP contribution in [-0.2, 0) is 4.79 Å². The Morgan fingerprint density at radius 1 is 1.42 bits per heavy atom. The smallest absolute Gasteiger partial charge is 0.228 e. The van der Waals surface area contributed by atoms with Gasteiger partial charge in [0.2, 0.25) is 5.91 Å². The zero-order chi connectivity index (χ0) is 8.39. The molecule has 0 aromatic carbocycles. The molecule has 0 N–H and O–H groups in total. The van der Waals surface area contributed by atoms with Gasteiger partial charge < -0.3 is 0 Å². The summed E-state index contributed by atoms with van der Waals surface area (Å²) in [5.41, 5.74) is 0. The molecule has 1 aromatic heterocycles. The van der Waals surface area contributed by atoms with Gasteiger partial charge in [0.15, 0.2) is 5.82 Å². The first-order chi connectivity index (χ1) is 5.88. The molecule has 0 bridgehead atoms. The summed E-state index contributed by atoms with van der Waals surface area (Å²) in [6.45, 7) is 1.84. The molecule has 4 heteroatoms. The van der Waals surface area contributed by atoms with E-state index in [-0.39, 0.29) is 5.91 Å². The molecule has 0 aliphatic carbocycles. The molecule has 1 amide bonds. The van der Waals surface area contributed by atoms with Gasteiger partial charge in [-0.25, -0.2) is 4.98 Å². The van der Waals surface area contributed by atoms with Crippen LogP contribution < -0.4 is 4.90 Å². The predicted octanol–water partition coefficient (Wildman–Crippen LogP) is 0.765. The van der Waals surface area contributed by atoms with Crippen LogP contribution in [0, 0.1) is 6.54 Å². The Kier molecular flexibility index (Phi) is 1.74. The summed E-state index contributed by atoms with van der Waals surface area (Å²) in [5.74, 6) is 0.704. The third-order valence-corrected chi connectivity index (χ3v) is 1.73. The second kappa shape index (κ2) is 2.89. The largest absolute Gasteiger partial charge is 0.290 e. The molecular weight excluding hydrogens is 154 g/mol. The molecule has 2 heterocycles. The van der Waals surface area contributed by atoms with Gasteiger partial charge in [-0.1, -0.05) is 0 Å². The number of aromatic nitrogens is 2. The average molecular weight is 162 g/mol. The number of carbonyl (C=O) groups excluding carboxylic acids is 1. The van der Waals surface area contributed by atoms with Crippen molar-refractivity contribution in [1.29, 1.82) is 0 Å². The van der Waals surface area contributed by atoms with Crippen LogP contribution in [0.1, 0.15) is 12.8 Å². The molecular formula is C8H8N3O. The van der Waals surface area contributed by atoms with E-state index in [2.05, 4.69) is 9.97 Å². The predicted molar refractivity (Wildman–Crippen MR) is 43.1 cm³/mol. The molecule has 0 saturated carbocycles. The number of rotatable bonds is 1. The molecule has 1 aromatic rings. The van der Waals surface area contributed by atoms with Crippen LogP contribution >= 0.6 is 0 Å². The molecule has 12 heavy (non-hydrogen) atoms. The fraction of sp³-hybridized carbons (Fsp3) is 0.250. The van der Waals surface area contributed by atoms with E-state index in [4.69, 9.17) is 0 Å². The first kappa shape index (κ1) is 7.21. The number of anilines is 1. The number of hydrogen-bond acceptors (Lipinski definition) is 3. The average Bonchev–Trinajstić information content (AvgIpc) is 2.53.